The highest BCUT2D eigenvalue weighted by atomic mass is 35.5. The molecule has 1 aliphatic rings. The predicted octanol–water partition coefficient (Wildman–Crippen LogP) is 3.73. The summed E-state index contributed by atoms with van der Waals surface area (Å²) in [4.78, 5) is 22.5. The molecular formula is C19H14ClN3O5. The van der Waals surface area contributed by atoms with Gasteiger partial charge < -0.3 is 9.47 Å². The van der Waals surface area contributed by atoms with Crippen LogP contribution in [0.5, 0.6) is 5.75 Å². The van der Waals surface area contributed by atoms with Crippen molar-refractivity contribution < 1.29 is 19.2 Å². The van der Waals surface area contributed by atoms with E-state index in [1.54, 1.807) is 22.9 Å². The number of nitrogens with zero attached hydrogens (tertiary/aromatic N) is 3. The normalized spacial score (nSPS) is 15.6. The first kappa shape index (κ1) is 18.0. The zero-order chi connectivity index (χ0) is 19.7. The number of hydrogen-bond acceptors (Lipinski definition) is 6. The van der Waals surface area contributed by atoms with Crippen molar-refractivity contribution in [2.24, 2.45) is 0 Å². The predicted molar refractivity (Wildman–Crippen MR) is 100 cm³/mol. The quantitative estimate of drug-likeness (QED) is 0.368. The number of benzene rings is 2. The van der Waals surface area contributed by atoms with Crippen molar-refractivity contribution in [2.45, 2.75) is 12.6 Å². The molecule has 0 bridgehead atoms. The zero-order valence-electron chi connectivity index (χ0n) is 14.4. The Bertz CT molecular complexity index is 1030. The number of ether oxygens (including phenoxy) is 2. The Morgan fingerprint density at radius 3 is 2.61 bits per heavy atom. The van der Waals surface area contributed by atoms with Crippen molar-refractivity contribution in [3.8, 4) is 17.0 Å². The molecule has 9 heteroatoms. The molecule has 0 saturated carbocycles. The molecule has 28 heavy (non-hydrogen) atoms. The van der Waals surface area contributed by atoms with Crippen LogP contribution in [0.1, 0.15) is 10.5 Å². The Balaban J connectivity index is 1.45. The number of aromatic nitrogens is 2. The molecule has 0 saturated heterocycles. The molecule has 1 aliphatic heterocycles. The van der Waals surface area contributed by atoms with E-state index in [4.69, 9.17) is 21.1 Å². The lowest BCUT2D eigenvalue weighted by molar-refractivity contribution is -0.384. The van der Waals surface area contributed by atoms with E-state index in [9.17, 15) is 14.9 Å². The maximum absolute atomic E-state index is 12.3. The Kier molecular flexibility index (Phi) is 4.70. The summed E-state index contributed by atoms with van der Waals surface area (Å²) in [6.45, 7) is 0.459. The number of rotatable bonds is 5. The first-order valence-electron chi connectivity index (χ1n) is 8.41. The Labute approximate surface area is 164 Å². The number of esters is 1. The lowest BCUT2D eigenvalue weighted by Crippen LogP contribution is -2.36. The minimum absolute atomic E-state index is 0.0210. The van der Waals surface area contributed by atoms with E-state index in [1.807, 2.05) is 12.1 Å². The summed E-state index contributed by atoms with van der Waals surface area (Å²) >= 11 is 5.90. The summed E-state index contributed by atoms with van der Waals surface area (Å²) in [7, 11) is 0. The zero-order valence-corrected chi connectivity index (χ0v) is 15.2. The second-order valence-corrected chi connectivity index (χ2v) is 6.63. The van der Waals surface area contributed by atoms with Gasteiger partial charge in [-0.2, -0.15) is 5.10 Å². The first-order chi connectivity index (χ1) is 13.5. The molecule has 2 aromatic carbocycles. The molecule has 0 N–H and O–H groups in total. The Hall–Kier alpha value is -3.39. The summed E-state index contributed by atoms with van der Waals surface area (Å²) < 4.78 is 12.6. The average Bonchev–Trinajstić information content (AvgIpc) is 3.12. The van der Waals surface area contributed by atoms with Crippen molar-refractivity contribution in [2.75, 3.05) is 6.61 Å². The lowest BCUT2D eigenvalue weighted by Gasteiger charge is -2.23. The number of nitro groups is 1. The van der Waals surface area contributed by atoms with Gasteiger partial charge >= 0.3 is 5.97 Å². The molecule has 1 atom stereocenters. The average molecular weight is 400 g/mol. The summed E-state index contributed by atoms with van der Waals surface area (Å²) in [5.74, 6) is -0.0222. The summed E-state index contributed by atoms with van der Waals surface area (Å²) in [6.07, 6.45) is -0.520. The van der Waals surface area contributed by atoms with Gasteiger partial charge in [0.05, 0.1) is 17.2 Å². The largest absolute Gasteiger partial charge is 0.490 e. The molecular weight excluding hydrogens is 386 g/mol. The number of carbonyl (C=O) groups is 1. The SMILES string of the molecule is O=C1OC(COc2ccc([N+](=O)[O-])cc2)Cn2nc(-c3ccc(Cl)cc3)cc21. The number of halogens is 1. The minimum atomic E-state index is -0.520. The van der Waals surface area contributed by atoms with Crippen LogP contribution in [0.2, 0.25) is 5.02 Å². The highest BCUT2D eigenvalue weighted by Gasteiger charge is 2.29. The van der Waals surface area contributed by atoms with Gasteiger partial charge in [-0.05, 0) is 30.3 Å². The lowest BCUT2D eigenvalue weighted by atomic mass is 10.1. The van der Waals surface area contributed by atoms with Crippen LogP contribution in [-0.2, 0) is 11.3 Å². The highest BCUT2D eigenvalue weighted by Crippen LogP contribution is 2.25. The summed E-state index contributed by atoms with van der Waals surface area (Å²) in [5, 5.41) is 15.8. The molecule has 0 spiro atoms. The highest BCUT2D eigenvalue weighted by molar-refractivity contribution is 6.30. The van der Waals surface area contributed by atoms with Crippen LogP contribution in [0, 0.1) is 10.1 Å². The van der Waals surface area contributed by atoms with Crippen LogP contribution in [0.25, 0.3) is 11.3 Å². The van der Waals surface area contributed by atoms with Crippen molar-refractivity contribution in [1.82, 2.24) is 9.78 Å². The molecule has 2 heterocycles. The fourth-order valence-electron chi connectivity index (χ4n) is 2.86. The molecule has 0 radical (unpaired) electrons. The van der Waals surface area contributed by atoms with E-state index in [2.05, 4.69) is 5.10 Å². The van der Waals surface area contributed by atoms with Gasteiger partial charge in [0, 0.05) is 22.7 Å². The number of cyclic esters (lactones) is 1. The second-order valence-electron chi connectivity index (χ2n) is 6.19. The van der Waals surface area contributed by atoms with Gasteiger partial charge in [-0.15, -0.1) is 0 Å². The van der Waals surface area contributed by atoms with Crippen LogP contribution < -0.4 is 4.74 Å². The standard InChI is InChI=1S/C19H14ClN3O5/c20-13-3-1-12(2-4-13)17-9-18-19(24)28-16(10-22(18)21-17)11-27-15-7-5-14(6-8-15)23(25)26/h1-9,16H,10-11H2. The number of non-ortho nitro benzene ring substituents is 1. The monoisotopic (exact) mass is 399 g/mol. The van der Waals surface area contributed by atoms with Gasteiger partial charge in [-0.1, -0.05) is 23.7 Å². The minimum Gasteiger partial charge on any atom is -0.490 e. The van der Waals surface area contributed by atoms with Gasteiger partial charge in [0.2, 0.25) is 0 Å². The molecule has 4 rings (SSSR count). The molecule has 1 aromatic heterocycles. The van der Waals surface area contributed by atoms with Gasteiger partial charge in [0.25, 0.3) is 5.69 Å². The van der Waals surface area contributed by atoms with Gasteiger partial charge in [0.1, 0.15) is 18.1 Å². The van der Waals surface area contributed by atoms with Crippen LogP contribution in [0.15, 0.2) is 54.6 Å². The molecule has 142 valence electrons. The summed E-state index contributed by atoms with van der Waals surface area (Å²) in [6, 6.07) is 14.6. The van der Waals surface area contributed by atoms with E-state index >= 15 is 0 Å². The van der Waals surface area contributed by atoms with E-state index in [-0.39, 0.29) is 12.3 Å². The van der Waals surface area contributed by atoms with Crippen molar-refractivity contribution >= 4 is 23.3 Å². The van der Waals surface area contributed by atoms with Gasteiger partial charge in [0.15, 0.2) is 6.10 Å². The number of carbonyl (C=O) groups excluding carboxylic acids is 1. The third-order valence-corrected chi connectivity index (χ3v) is 4.51. The Morgan fingerprint density at radius 2 is 1.93 bits per heavy atom. The maximum atomic E-state index is 12.3. The van der Waals surface area contributed by atoms with Crippen LogP contribution in [0.3, 0.4) is 0 Å². The van der Waals surface area contributed by atoms with Crippen LogP contribution in [-0.4, -0.2) is 33.4 Å². The fraction of sp³-hybridized carbons (Fsp3) is 0.158. The maximum Gasteiger partial charge on any atom is 0.357 e. The van der Waals surface area contributed by atoms with Gasteiger partial charge in [-0.3, -0.25) is 14.8 Å². The van der Waals surface area contributed by atoms with Crippen LogP contribution >= 0.6 is 11.6 Å². The third kappa shape index (κ3) is 3.67. The smallest absolute Gasteiger partial charge is 0.357 e. The Morgan fingerprint density at radius 1 is 1.21 bits per heavy atom. The van der Waals surface area contributed by atoms with Crippen molar-refractivity contribution in [3.05, 3.63) is 75.4 Å². The number of nitro benzene ring substituents is 1. The van der Waals surface area contributed by atoms with Gasteiger partial charge in [-0.25, -0.2) is 4.79 Å². The van der Waals surface area contributed by atoms with Crippen LogP contribution in [0.4, 0.5) is 5.69 Å². The van der Waals surface area contributed by atoms with E-state index in [1.165, 1.54) is 24.3 Å². The fourth-order valence-corrected chi connectivity index (χ4v) is 2.99. The summed E-state index contributed by atoms with van der Waals surface area (Å²) in [5.41, 5.74) is 1.85. The molecule has 1 unspecified atom stereocenters. The molecule has 0 amide bonds. The van der Waals surface area contributed by atoms with E-state index < -0.39 is 17.0 Å². The third-order valence-electron chi connectivity index (χ3n) is 4.26. The first-order valence-corrected chi connectivity index (χ1v) is 8.79. The topological polar surface area (TPSA) is 96.5 Å². The van der Waals surface area contributed by atoms with E-state index in [0.29, 0.717) is 28.7 Å². The van der Waals surface area contributed by atoms with E-state index in [0.717, 1.165) is 5.56 Å². The number of hydrogen-bond donors (Lipinski definition) is 0. The number of fused-ring (bicyclic) bond motifs is 1. The molecule has 0 fully saturated rings. The van der Waals surface area contributed by atoms with Crippen molar-refractivity contribution in [3.63, 3.8) is 0 Å². The molecule has 0 aliphatic carbocycles. The van der Waals surface area contributed by atoms with Crippen molar-refractivity contribution in [1.29, 1.82) is 0 Å². The molecule has 3 aromatic rings. The molecule has 8 nitrogen and oxygen atoms in total. The second kappa shape index (κ2) is 7.32.